The molecule has 1 nitrogen and oxygen atoms in total. The Kier molecular flexibility index (Phi) is 12.7. The van der Waals surface area contributed by atoms with Gasteiger partial charge in [0.05, 0.1) is 0 Å². The highest BCUT2D eigenvalue weighted by Crippen LogP contribution is 2.05. The summed E-state index contributed by atoms with van der Waals surface area (Å²) in [5.74, 6) is 0.617. The van der Waals surface area contributed by atoms with Gasteiger partial charge < -0.3 is 0 Å². The third kappa shape index (κ3) is 13.1. The van der Waals surface area contributed by atoms with Crippen molar-refractivity contribution in [3.63, 3.8) is 0 Å². The normalized spacial score (nSPS) is 13.8. The molecule has 0 fully saturated rings. The smallest absolute Gasteiger partial charge is 0.0256 e. The summed E-state index contributed by atoms with van der Waals surface area (Å²) >= 11 is 0. The average molecular weight is 237 g/mol. The molecule has 0 saturated carbocycles. The van der Waals surface area contributed by atoms with Crippen molar-refractivity contribution in [2.45, 2.75) is 67.7 Å². The number of allylic oxidation sites excluding steroid dienone is 2. The lowest BCUT2D eigenvalue weighted by Crippen LogP contribution is -2.04. The first-order valence-electron chi connectivity index (χ1n) is 6.73. The molecule has 0 amide bonds. The van der Waals surface area contributed by atoms with E-state index in [1.165, 1.54) is 23.3 Å². The van der Waals surface area contributed by atoms with Gasteiger partial charge in [-0.2, -0.15) is 0 Å². The second-order valence-corrected chi connectivity index (χ2v) is 4.72. The van der Waals surface area contributed by atoms with Gasteiger partial charge in [-0.1, -0.05) is 38.8 Å². The maximum Gasteiger partial charge on any atom is 0.0256 e. The summed E-state index contributed by atoms with van der Waals surface area (Å²) in [4.78, 5) is 4.42. The summed E-state index contributed by atoms with van der Waals surface area (Å²) in [6, 6.07) is 0. The number of aliphatic imine (C=N–C) groups is 1. The number of hydrogen-bond donors (Lipinski definition) is 0. The fraction of sp³-hybridized carbons (Fsp3) is 0.688. The number of rotatable bonds is 5. The summed E-state index contributed by atoms with van der Waals surface area (Å²) in [6.45, 7) is 18.6. The Labute approximate surface area is 109 Å². The minimum absolute atomic E-state index is 0.617. The van der Waals surface area contributed by atoms with Crippen LogP contribution < -0.4 is 0 Å². The van der Waals surface area contributed by atoms with E-state index in [9.17, 15) is 0 Å². The van der Waals surface area contributed by atoms with Crippen LogP contribution in [0.1, 0.15) is 67.7 Å². The van der Waals surface area contributed by atoms with Gasteiger partial charge in [0.1, 0.15) is 0 Å². The molecule has 0 N–H and O–H groups in total. The zero-order valence-corrected chi connectivity index (χ0v) is 12.9. The molecule has 17 heavy (non-hydrogen) atoms. The van der Waals surface area contributed by atoms with Crippen LogP contribution in [0.15, 0.2) is 28.9 Å². The van der Waals surface area contributed by atoms with Gasteiger partial charge in [-0.25, -0.2) is 0 Å². The van der Waals surface area contributed by atoms with Gasteiger partial charge in [-0.15, -0.1) is 6.58 Å². The predicted octanol–water partition coefficient (Wildman–Crippen LogP) is 5.78. The molecule has 0 spiro atoms. The Balaban J connectivity index is 0. The van der Waals surface area contributed by atoms with E-state index in [-0.39, 0.29) is 0 Å². The predicted molar refractivity (Wildman–Crippen MR) is 81.7 cm³/mol. The molecular formula is C16H31N. The largest absolute Gasteiger partial charge is 0.266 e. The van der Waals surface area contributed by atoms with Crippen LogP contribution in [0.3, 0.4) is 0 Å². The Bertz CT molecular complexity index is 259. The zero-order valence-electron chi connectivity index (χ0n) is 12.9. The van der Waals surface area contributed by atoms with Crippen molar-refractivity contribution in [2.75, 3.05) is 0 Å². The Morgan fingerprint density at radius 3 is 1.88 bits per heavy atom. The van der Waals surface area contributed by atoms with Crippen molar-refractivity contribution in [2.24, 2.45) is 10.9 Å². The van der Waals surface area contributed by atoms with Crippen LogP contribution in [0.25, 0.3) is 0 Å². The third-order valence-electron chi connectivity index (χ3n) is 2.98. The topological polar surface area (TPSA) is 12.4 Å². The lowest BCUT2D eigenvalue weighted by Gasteiger charge is -2.05. The zero-order chi connectivity index (χ0) is 13.8. The molecule has 0 aromatic rings. The maximum atomic E-state index is 4.42. The molecule has 0 aromatic heterocycles. The molecule has 0 aliphatic rings. The third-order valence-corrected chi connectivity index (χ3v) is 2.98. The van der Waals surface area contributed by atoms with Crippen molar-refractivity contribution in [3.05, 3.63) is 23.9 Å². The first kappa shape index (κ1) is 18.5. The second-order valence-electron chi connectivity index (χ2n) is 4.72. The highest BCUT2D eigenvalue weighted by molar-refractivity contribution is 5.84. The van der Waals surface area contributed by atoms with Gasteiger partial charge >= 0.3 is 0 Å². The van der Waals surface area contributed by atoms with Crippen LogP contribution in [-0.2, 0) is 0 Å². The standard InChI is InChI=1S/C11H21N.C5H10/c1-6-9(3)8-12-11(5)10(4)7-2;1-4-5(2)3/h8,10H,6-7H2,1-5H3;2,4H2,1,3H3. The molecule has 100 valence electrons. The quantitative estimate of drug-likeness (QED) is 0.424. The number of nitrogens with zero attached hydrogens (tertiary/aromatic N) is 1. The van der Waals surface area contributed by atoms with Crippen LogP contribution in [0.5, 0.6) is 0 Å². The molecule has 0 saturated heterocycles. The lowest BCUT2D eigenvalue weighted by atomic mass is 10.0. The maximum absolute atomic E-state index is 4.42. The van der Waals surface area contributed by atoms with Crippen molar-refractivity contribution in [1.29, 1.82) is 0 Å². The number of hydrogen-bond acceptors (Lipinski definition) is 1. The monoisotopic (exact) mass is 237 g/mol. The summed E-state index contributed by atoms with van der Waals surface area (Å²) < 4.78 is 0. The fourth-order valence-electron chi connectivity index (χ4n) is 0.726. The van der Waals surface area contributed by atoms with Crippen molar-refractivity contribution in [3.8, 4) is 0 Å². The van der Waals surface area contributed by atoms with E-state index in [2.05, 4.69) is 53.1 Å². The van der Waals surface area contributed by atoms with Gasteiger partial charge in [-0.3, -0.25) is 4.99 Å². The summed E-state index contributed by atoms with van der Waals surface area (Å²) in [5.41, 5.74) is 3.84. The summed E-state index contributed by atoms with van der Waals surface area (Å²) in [5, 5.41) is 0. The molecule has 0 aromatic carbocycles. The van der Waals surface area contributed by atoms with Crippen LogP contribution in [0.4, 0.5) is 0 Å². The van der Waals surface area contributed by atoms with E-state index in [4.69, 9.17) is 0 Å². The van der Waals surface area contributed by atoms with E-state index < -0.39 is 0 Å². The highest BCUT2D eigenvalue weighted by atomic mass is 14.7. The van der Waals surface area contributed by atoms with Gasteiger partial charge in [0.2, 0.25) is 0 Å². The molecule has 0 aliphatic carbocycles. The van der Waals surface area contributed by atoms with E-state index in [0.717, 1.165) is 12.8 Å². The Morgan fingerprint density at radius 2 is 1.59 bits per heavy atom. The highest BCUT2D eigenvalue weighted by Gasteiger charge is 2.00. The Hall–Kier alpha value is -0.850. The minimum atomic E-state index is 0.617. The molecule has 1 atom stereocenters. The molecule has 0 heterocycles. The summed E-state index contributed by atoms with van der Waals surface area (Å²) in [6.07, 6.45) is 5.37. The summed E-state index contributed by atoms with van der Waals surface area (Å²) in [7, 11) is 0. The average Bonchev–Trinajstić information content (AvgIpc) is 2.34. The van der Waals surface area contributed by atoms with Crippen LogP contribution in [0, 0.1) is 5.92 Å². The molecule has 1 heteroatoms. The second kappa shape index (κ2) is 11.6. The SMILES string of the molecule is C=C(C)CC.CCC(C)=CN=C(C)C(C)CC. The first-order chi connectivity index (χ1) is 7.88. The van der Waals surface area contributed by atoms with Gasteiger partial charge in [0.25, 0.3) is 0 Å². The van der Waals surface area contributed by atoms with E-state index >= 15 is 0 Å². The lowest BCUT2D eigenvalue weighted by molar-refractivity contribution is 0.735. The molecule has 0 bridgehead atoms. The minimum Gasteiger partial charge on any atom is -0.266 e. The van der Waals surface area contributed by atoms with E-state index in [1.807, 2.05) is 13.1 Å². The van der Waals surface area contributed by atoms with Crippen molar-refractivity contribution in [1.82, 2.24) is 0 Å². The Morgan fingerprint density at radius 1 is 1.12 bits per heavy atom. The van der Waals surface area contributed by atoms with Crippen LogP contribution >= 0.6 is 0 Å². The van der Waals surface area contributed by atoms with Gasteiger partial charge in [0, 0.05) is 11.9 Å². The van der Waals surface area contributed by atoms with Gasteiger partial charge in [0.15, 0.2) is 0 Å². The van der Waals surface area contributed by atoms with Crippen molar-refractivity contribution < 1.29 is 0 Å². The molecule has 1 unspecified atom stereocenters. The van der Waals surface area contributed by atoms with Crippen molar-refractivity contribution >= 4 is 5.71 Å². The molecule has 0 aliphatic heterocycles. The van der Waals surface area contributed by atoms with Crippen LogP contribution in [0.2, 0.25) is 0 Å². The molecule has 0 radical (unpaired) electrons. The van der Waals surface area contributed by atoms with E-state index in [0.29, 0.717) is 5.92 Å². The molecular weight excluding hydrogens is 206 g/mol. The fourth-order valence-corrected chi connectivity index (χ4v) is 0.726. The molecule has 0 rings (SSSR count). The van der Waals surface area contributed by atoms with E-state index in [1.54, 1.807) is 0 Å². The van der Waals surface area contributed by atoms with Gasteiger partial charge in [-0.05, 0) is 46.0 Å². The van der Waals surface area contributed by atoms with Crippen LogP contribution in [-0.4, -0.2) is 5.71 Å². The first-order valence-corrected chi connectivity index (χ1v) is 6.73.